The van der Waals surface area contributed by atoms with E-state index in [-0.39, 0.29) is 17.1 Å². The van der Waals surface area contributed by atoms with Crippen molar-refractivity contribution < 1.29 is 13.7 Å². The Balaban J connectivity index is 2.23. The largest absolute Gasteiger partial charge is 0.396 e. The molecule has 3 N–H and O–H groups in total. The highest BCUT2D eigenvalue weighted by Gasteiger charge is 2.14. The zero-order chi connectivity index (χ0) is 12.4. The lowest BCUT2D eigenvalue weighted by molar-refractivity contribution is 0.102. The van der Waals surface area contributed by atoms with E-state index in [0.29, 0.717) is 5.76 Å². The summed E-state index contributed by atoms with van der Waals surface area (Å²) in [5, 5.41) is 6.05. The minimum atomic E-state index is -0.631. The van der Waals surface area contributed by atoms with Gasteiger partial charge in [0.05, 0.1) is 11.3 Å². The van der Waals surface area contributed by atoms with Gasteiger partial charge in [0.25, 0.3) is 5.91 Å². The van der Waals surface area contributed by atoms with Gasteiger partial charge in [-0.2, -0.15) is 0 Å². The number of nitrogens with zero attached hydrogens (tertiary/aromatic N) is 1. The molecule has 1 heterocycles. The van der Waals surface area contributed by atoms with Crippen molar-refractivity contribution in [3.05, 3.63) is 41.4 Å². The second kappa shape index (κ2) is 4.25. The van der Waals surface area contributed by atoms with Gasteiger partial charge >= 0.3 is 0 Å². The zero-order valence-electron chi connectivity index (χ0n) is 9.03. The summed E-state index contributed by atoms with van der Waals surface area (Å²) in [6.07, 6.45) is 0. The van der Waals surface area contributed by atoms with Crippen LogP contribution in [0.3, 0.4) is 0 Å². The molecular formula is C11H10FN3O2. The Morgan fingerprint density at radius 2 is 2.29 bits per heavy atom. The fourth-order valence-corrected chi connectivity index (χ4v) is 1.34. The molecule has 0 saturated carbocycles. The van der Waals surface area contributed by atoms with Crippen molar-refractivity contribution in [1.82, 2.24) is 5.16 Å². The lowest BCUT2D eigenvalue weighted by Crippen LogP contribution is -2.14. The van der Waals surface area contributed by atoms with Gasteiger partial charge in [0, 0.05) is 6.07 Å². The van der Waals surface area contributed by atoms with Gasteiger partial charge in [-0.3, -0.25) is 4.79 Å². The van der Waals surface area contributed by atoms with Crippen molar-refractivity contribution in [2.45, 2.75) is 6.92 Å². The molecule has 1 aromatic carbocycles. The summed E-state index contributed by atoms with van der Waals surface area (Å²) in [7, 11) is 0. The number of aromatic nitrogens is 1. The zero-order valence-corrected chi connectivity index (χ0v) is 9.03. The SMILES string of the molecule is Cc1cc(NC(=O)c2cccc(F)c2N)no1. The summed E-state index contributed by atoms with van der Waals surface area (Å²) in [5.41, 5.74) is 5.33. The number of rotatable bonds is 2. The van der Waals surface area contributed by atoms with Crippen molar-refractivity contribution in [3.63, 3.8) is 0 Å². The fourth-order valence-electron chi connectivity index (χ4n) is 1.34. The molecular weight excluding hydrogens is 225 g/mol. The Morgan fingerprint density at radius 1 is 1.53 bits per heavy atom. The molecule has 0 aliphatic carbocycles. The molecule has 6 heteroatoms. The molecule has 0 radical (unpaired) electrons. The predicted molar refractivity (Wildman–Crippen MR) is 60.0 cm³/mol. The van der Waals surface area contributed by atoms with Crippen LogP contribution in [0.1, 0.15) is 16.1 Å². The number of carbonyl (C=O) groups is 1. The predicted octanol–water partition coefficient (Wildman–Crippen LogP) is 1.96. The van der Waals surface area contributed by atoms with Gasteiger partial charge < -0.3 is 15.6 Å². The fraction of sp³-hybridized carbons (Fsp3) is 0.0909. The van der Waals surface area contributed by atoms with Crippen LogP contribution < -0.4 is 11.1 Å². The lowest BCUT2D eigenvalue weighted by atomic mass is 10.1. The van der Waals surface area contributed by atoms with Crippen LogP contribution in [-0.4, -0.2) is 11.1 Å². The number of hydrogen-bond acceptors (Lipinski definition) is 4. The molecule has 2 rings (SSSR count). The Morgan fingerprint density at radius 3 is 2.94 bits per heavy atom. The van der Waals surface area contributed by atoms with Crippen molar-refractivity contribution in [3.8, 4) is 0 Å². The Labute approximate surface area is 96.4 Å². The van der Waals surface area contributed by atoms with Gasteiger partial charge in [0.1, 0.15) is 11.6 Å². The maximum Gasteiger partial charge on any atom is 0.259 e. The summed E-state index contributed by atoms with van der Waals surface area (Å²) in [6.45, 7) is 1.69. The third-order valence-corrected chi connectivity index (χ3v) is 2.17. The molecule has 5 nitrogen and oxygen atoms in total. The van der Waals surface area contributed by atoms with Crippen molar-refractivity contribution in [2.24, 2.45) is 0 Å². The van der Waals surface area contributed by atoms with Gasteiger partial charge in [0.2, 0.25) is 0 Å². The molecule has 0 atom stereocenters. The number of nitrogens with two attached hydrogens (primary N) is 1. The molecule has 1 amide bonds. The number of para-hydroxylation sites is 1. The normalized spacial score (nSPS) is 10.2. The first kappa shape index (κ1) is 11.1. The molecule has 0 fully saturated rings. The van der Waals surface area contributed by atoms with Crippen LogP contribution in [-0.2, 0) is 0 Å². The minimum absolute atomic E-state index is 0.0608. The minimum Gasteiger partial charge on any atom is -0.396 e. The van der Waals surface area contributed by atoms with Gasteiger partial charge in [-0.15, -0.1) is 0 Å². The van der Waals surface area contributed by atoms with Crippen LogP contribution in [0.4, 0.5) is 15.9 Å². The summed E-state index contributed by atoms with van der Waals surface area (Å²) in [5.74, 6) is -0.340. The number of halogens is 1. The number of hydrogen-bond donors (Lipinski definition) is 2. The molecule has 88 valence electrons. The standard InChI is InChI=1S/C11H10FN3O2/c1-6-5-9(15-17-6)14-11(16)7-3-2-4-8(12)10(7)13/h2-5H,13H2,1H3,(H,14,15,16). The van der Waals surface area contributed by atoms with Gasteiger partial charge in [-0.25, -0.2) is 4.39 Å². The quantitative estimate of drug-likeness (QED) is 0.779. The monoisotopic (exact) mass is 235 g/mol. The van der Waals surface area contributed by atoms with E-state index < -0.39 is 11.7 Å². The number of benzene rings is 1. The van der Waals surface area contributed by atoms with Gasteiger partial charge in [-0.05, 0) is 19.1 Å². The van der Waals surface area contributed by atoms with Crippen LogP contribution in [0.15, 0.2) is 28.8 Å². The highest BCUT2D eigenvalue weighted by molar-refractivity contribution is 6.07. The first-order valence-corrected chi connectivity index (χ1v) is 4.86. The van der Waals surface area contributed by atoms with Crippen molar-refractivity contribution in [2.75, 3.05) is 11.1 Å². The smallest absolute Gasteiger partial charge is 0.259 e. The Kier molecular flexibility index (Phi) is 2.78. The van der Waals surface area contributed by atoms with E-state index in [9.17, 15) is 9.18 Å². The molecule has 0 aliphatic heterocycles. The summed E-state index contributed by atoms with van der Waals surface area (Å²) >= 11 is 0. The molecule has 2 aromatic rings. The van der Waals surface area contributed by atoms with E-state index in [1.54, 1.807) is 13.0 Å². The maximum atomic E-state index is 13.1. The Hall–Kier alpha value is -2.37. The molecule has 17 heavy (non-hydrogen) atoms. The first-order chi connectivity index (χ1) is 8.08. The summed E-state index contributed by atoms with van der Waals surface area (Å²) in [6, 6.07) is 5.58. The Bertz CT molecular complexity index is 566. The average Bonchev–Trinajstić information content (AvgIpc) is 2.68. The van der Waals surface area contributed by atoms with Crippen LogP contribution in [0.2, 0.25) is 0 Å². The van der Waals surface area contributed by atoms with Gasteiger partial charge in [-0.1, -0.05) is 11.2 Å². The van der Waals surface area contributed by atoms with E-state index >= 15 is 0 Å². The number of nitrogen functional groups attached to an aromatic ring is 1. The van der Waals surface area contributed by atoms with Gasteiger partial charge in [0.15, 0.2) is 5.82 Å². The second-order valence-corrected chi connectivity index (χ2v) is 3.48. The number of nitrogens with one attached hydrogen (secondary N) is 1. The van der Waals surface area contributed by atoms with Crippen LogP contribution in [0, 0.1) is 12.7 Å². The number of anilines is 2. The van der Waals surface area contributed by atoms with Crippen molar-refractivity contribution in [1.29, 1.82) is 0 Å². The molecule has 0 saturated heterocycles. The van der Waals surface area contributed by atoms with Crippen LogP contribution in [0.25, 0.3) is 0 Å². The molecule has 0 spiro atoms. The second-order valence-electron chi connectivity index (χ2n) is 3.48. The third-order valence-electron chi connectivity index (χ3n) is 2.17. The topological polar surface area (TPSA) is 81.2 Å². The highest BCUT2D eigenvalue weighted by atomic mass is 19.1. The van der Waals surface area contributed by atoms with E-state index in [1.165, 1.54) is 18.2 Å². The van der Waals surface area contributed by atoms with E-state index in [4.69, 9.17) is 10.3 Å². The molecule has 1 aromatic heterocycles. The number of carbonyl (C=O) groups excluding carboxylic acids is 1. The third kappa shape index (κ3) is 2.25. The lowest BCUT2D eigenvalue weighted by Gasteiger charge is -2.05. The molecule has 0 bridgehead atoms. The number of amides is 1. The van der Waals surface area contributed by atoms with Crippen LogP contribution in [0.5, 0.6) is 0 Å². The van der Waals surface area contributed by atoms with E-state index in [2.05, 4.69) is 10.5 Å². The average molecular weight is 235 g/mol. The summed E-state index contributed by atoms with van der Waals surface area (Å²) in [4.78, 5) is 11.8. The molecule has 0 aliphatic rings. The number of aryl methyl sites for hydroxylation is 1. The van der Waals surface area contributed by atoms with Crippen molar-refractivity contribution >= 4 is 17.4 Å². The first-order valence-electron chi connectivity index (χ1n) is 4.86. The summed E-state index contributed by atoms with van der Waals surface area (Å²) < 4.78 is 17.9. The molecule has 0 unspecified atom stereocenters. The highest BCUT2D eigenvalue weighted by Crippen LogP contribution is 2.17. The van der Waals surface area contributed by atoms with Crippen LogP contribution >= 0.6 is 0 Å². The van der Waals surface area contributed by atoms with E-state index in [1.807, 2.05) is 0 Å². The van der Waals surface area contributed by atoms with E-state index in [0.717, 1.165) is 0 Å². The maximum absolute atomic E-state index is 13.1.